The van der Waals surface area contributed by atoms with Gasteiger partial charge in [-0.25, -0.2) is 14.2 Å². The van der Waals surface area contributed by atoms with E-state index in [4.69, 9.17) is 0 Å². The number of H-pyrrole nitrogens is 1. The Kier molecular flexibility index (Phi) is 4.02. The van der Waals surface area contributed by atoms with Gasteiger partial charge in [0.2, 0.25) is 0 Å². The van der Waals surface area contributed by atoms with Crippen LogP contribution in [0.4, 0.5) is 4.39 Å². The van der Waals surface area contributed by atoms with Crippen LogP contribution in [-0.4, -0.2) is 20.3 Å². The molecule has 0 fully saturated rings. The Morgan fingerprint density at radius 1 is 1.15 bits per heavy atom. The van der Waals surface area contributed by atoms with Gasteiger partial charge in [0.25, 0.3) is 5.56 Å². The molecule has 1 unspecified atom stereocenters. The standard InChI is InChI=1S/C20H18FN3O3/c1-10(2)24-18-17(19(26)23-20(24)27)14-7-12(8-16(25)15(14)9-22-18)11-3-5-13(21)6-4-11/h3-6,9-10,12H,7-8H2,1-2H3,(H,23,26,27). The van der Waals surface area contributed by atoms with Gasteiger partial charge in [-0.2, -0.15) is 0 Å². The molecule has 0 saturated heterocycles. The number of pyridine rings is 1. The molecule has 0 spiro atoms. The number of Topliss-reactive ketones (excluding diaryl/α,β-unsaturated/α-hetero) is 1. The fraction of sp³-hybridized carbons (Fsp3) is 0.300. The third-order valence-corrected chi connectivity index (χ3v) is 5.10. The second kappa shape index (κ2) is 6.26. The number of hydrogen-bond acceptors (Lipinski definition) is 4. The van der Waals surface area contributed by atoms with E-state index in [1.165, 1.54) is 22.9 Å². The maximum atomic E-state index is 13.2. The Morgan fingerprint density at radius 3 is 2.52 bits per heavy atom. The summed E-state index contributed by atoms with van der Waals surface area (Å²) in [4.78, 5) is 44.1. The lowest BCUT2D eigenvalue weighted by Crippen LogP contribution is -2.33. The van der Waals surface area contributed by atoms with Crippen molar-refractivity contribution in [2.45, 2.75) is 38.6 Å². The maximum absolute atomic E-state index is 13.2. The van der Waals surface area contributed by atoms with Crippen LogP contribution < -0.4 is 11.2 Å². The van der Waals surface area contributed by atoms with Gasteiger partial charge in [-0.15, -0.1) is 0 Å². The smallest absolute Gasteiger partial charge is 0.294 e. The van der Waals surface area contributed by atoms with Crippen molar-refractivity contribution in [1.29, 1.82) is 0 Å². The number of fused-ring (bicyclic) bond motifs is 3. The van der Waals surface area contributed by atoms with Crippen LogP contribution in [0, 0.1) is 5.82 Å². The molecule has 0 aliphatic heterocycles. The van der Waals surface area contributed by atoms with Crippen molar-refractivity contribution >= 4 is 16.8 Å². The molecule has 138 valence electrons. The number of aromatic nitrogens is 3. The van der Waals surface area contributed by atoms with Gasteiger partial charge in [0.1, 0.15) is 11.5 Å². The number of ketones is 1. The van der Waals surface area contributed by atoms with Crippen LogP contribution in [0.5, 0.6) is 0 Å². The highest BCUT2D eigenvalue weighted by atomic mass is 19.1. The number of benzene rings is 1. The molecule has 1 atom stereocenters. The molecule has 1 aliphatic rings. The van der Waals surface area contributed by atoms with E-state index >= 15 is 0 Å². The summed E-state index contributed by atoms with van der Waals surface area (Å²) < 4.78 is 14.7. The minimum Gasteiger partial charge on any atom is -0.294 e. The van der Waals surface area contributed by atoms with Crippen LogP contribution in [0.25, 0.3) is 11.0 Å². The van der Waals surface area contributed by atoms with Gasteiger partial charge in [0, 0.05) is 24.2 Å². The zero-order valence-corrected chi connectivity index (χ0v) is 15.0. The summed E-state index contributed by atoms with van der Waals surface area (Å²) >= 11 is 0. The zero-order valence-electron chi connectivity index (χ0n) is 15.0. The molecule has 0 radical (unpaired) electrons. The van der Waals surface area contributed by atoms with Crippen LogP contribution in [0.2, 0.25) is 0 Å². The topological polar surface area (TPSA) is 84.8 Å². The lowest BCUT2D eigenvalue weighted by molar-refractivity contribution is 0.0964. The van der Waals surface area contributed by atoms with Crippen molar-refractivity contribution in [2.75, 3.05) is 0 Å². The number of nitrogens with one attached hydrogen (secondary N) is 1. The van der Waals surface area contributed by atoms with Gasteiger partial charge < -0.3 is 0 Å². The molecule has 3 aromatic rings. The number of halogens is 1. The van der Waals surface area contributed by atoms with Crippen molar-refractivity contribution in [3.8, 4) is 0 Å². The maximum Gasteiger partial charge on any atom is 0.330 e. The Morgan fingerprint density at radius 2 is 1.85 bits per heavy atom. The highest BCUT2D eigenvalue weighted by Crippen LogP contribution is 2.34. The monoisotopic (exact) mass is 367 g/mol. The fourth-order valence-corrected chi connectivity index (χ4v) is 3.83. The van der Waals surface area contributed by atoms with E-state index in [1.54, 1.807) is 12.1 Å². The van der Waals surface area contributed by atoms with Gasteiger partial charge in [-0.3, -0.25) is 19.1 Å². The van der Waals surface area contributed by atoms with Gasteiger partial charge >= 0.3 is 5.69 Å². The second-order valence-corrected chi connectivity index (χ2v) is 7.15. The molecule has 27 heavy (non-hydrogen) atoms. The molecular formula is C20H18FN3O3. The van der Waals surface area contributed by atoms with Crippen LogP contribution in [0.3, 0.4) is 0 Å². The van der Waals surface area contributed by atoms with E-state index in [0.29, 0.717) is 17.5 Å². The van der Waals surface area contributed by atoms with E-state index < -0.39 is 11.2 Å². The first kappa shape index (κ1) is 17.3. The molecule has 4 rings (SSSR count). The largest absolute Gasteiger partial charge is 0.330 e. The molecule has 1 N–H and O–H groups in total. The predicted molar refractivity (Wildman–Crippen MR) is 98.8 cm³/mol. The number of aromatic amines is 1. The number of hydrogen-bond donors (Lipinski definition) is 1. The lowest BCUT2D eigenvalue weighted by atomic mass is 9.79. The van der Waals surface area contributed by atoms with Crippen LogP contribution in [0.15, 0.2) is 40.1 Å². The van der Waals surface area contributed by atoms with Crippen molar-refractivity contribution < 1.29 is 9.18 Å². The number of nitrogens with zero attached hydrogens (tertiary/aromatic N) is 2. The lowest BCUT2D eigenvalue weighted by Gasteiger charge is -2.25. The van der Waals surface area contributed by atoms with Gasteiger partial charge in [0.15, 0.2) is 5.78 Å². The van der Waals surface area contributed by atoms with Crippen LogP contribution in [0.1, 0.15) is 53.7 Å². The summed E-state index contributed by atoms with van der Waals surface area (Å²) in [6, 6.07) is 5.85. The quantitative estimate of drug-likeness (QED) is 0.755. The van der Waals surface area contributed by atoms with Crippen molar-refractivity contribution in [3.63, 3.8) is 0 Å². The number of carbonyl (C=O) groups excluding carboxylic acids is 1. The molecule has 0 amide bonds. The first-order valence-electron chi connectivity index (χ1n) is 8.82. The third kappa shape index (κ3) is 2.79. The highest BCUT2D eigenvalue weighted by molar-refractivity contribution is 6.02. The Hall–Kier alpha value is -3.09. The SMILES string of the molecule is CC(C)n1c(=O)[nH]c(=O)c2c3c(cnc21)C(=O)CC(c1ccc(F)cc1)C3. The molecular weight excluding hydrogens is 349 g/mol. The minimum absolute atomic E-state index is 0.110. The first-order valence-corrected chi connectivity index (χ1v) is 8.82. The van der Waals surface area contributed by atoms with Crippen LogP contribution >= 0.6 is 0 Å². The Bertz CT molecular complexity index is 1180. The van der Waals surface area contributed by atoms with E-state index in [9.17, 15) is 18.8 Å². The first-order chi connectivity index (χ1) is 12.9. The summed E-state index contributed by atoms with van der Waals surface area (Å²) in [6.45, 7) is 3.65. The second-order valence-electron chi connectivity index (χ2n) is 7.15. The summed E-state index contributed by atoms with van der Waals surface area (Å²) in [7, 11) is 0. The fourth-order valence-electron chi connectivity index (χ4n) is 3.83. The normalized spacial score (nSPS) is 16.7. The van der Waals surface area contributed by atoms with Crippen molar-refractivity contribution in [3.05, 3.63) is 73.8 Å². The Balaban J connectivity index is 1.95. The summed E-state index contributed by atoms with van der Waals surface area (Å²) in [5.41, 5.74) is 1.08. The molecule has 6 nitrogen and oxygen atoms in total. The summed E-state index contributed by atoms with van der Waals surface area (Å²) in [6.07, 6.45) is 2.18. The van der Waals surface area contributed by atoms with Crippen molar-refractivity contribution in [2.24, 2.45) is 0 Å². The predicted octanol–water partition coefficient (Wildman–Crippen LogP) is 2.72. The van der Waals surface area contributed by atoms with E-state index in [2.05, 4.69) is 9.97 Å². The molecule has 2 heterocycles. The van der Waals surface area contributed by atoms with Crippen LogP contribution in [-0.2, 0) is 6.42 Å². The van der Waals surface area contributed by atoms with Crippen molar-refractivity contribution in [1.82, 2.24) is 14.5 Å². The summed E-state index contributed by atoms with van der Waals surface area (Å²) in [5.74, 6) is -0.606. The zero-order chi connectivity index (χ0) is 19.3. The van der Waals surface area contributed by atoms with Gasteiger partial charge in [0.05, 0.1) is 5.39 Å². The molecule has 0 bridgehead atoms. The molecule has 7 heteroatoms. The highest BCUT2D eigenvalue weighted by Gasteiger charge is 2.30. The van der Waals surface area contributed by atoms with E-state index in [-0.39, 0.29) is 41.0 Å². The molecule has 2 aromatic heterocycles. The van der Waals surface area contributed by atoms with Gasteiger partial charge in [-0.1, -0.05) is 12.1 Å². The Labute approximate surface area is 153 Å². The minimum atomic E-state index is -0.538. The third-order valence-electron chi connectivity index (χ3n) is 5.10. The number of carbonyl (C=O) groups is 1. The summed E-state index contributed by atoms with van der Waals surface area (Å²) in [5, 5.41) is 0.279. The van der Waals surface area contributed by atoms with Gasteiger partial charge in [-0.05, 0) is 49.4 Å². The molecule has 0 saturated carbocycles. The average Bonchev–Trinajstić information content (AvgIpc) is 2.61. The van der Waals surface area contributed by atoms with E-state index in [0.717, 1.165) is 5.56 Å². The molecule has 1 aromatic carbocycles. The number of rotatable bonds is 2. The average molecular weight is 367 g/mol. The molecule has 1 aliphatic carbocycles. The van der Waals surface area contributed by atoms with E-state index in [1.807, 2.05) is 13.8 Å².